The molecule has 0 bridgehead atoms. The molecule has 108 valence electrons. The molecule has 1 N–H and O–H groups in total. The number of benzene rings is 1. The van der Waals surface area contributed by atoms with Crippen LogP contribution in [0.5, 0.6) is 0 Å². The minimum Gasteiger partial charge on any atom is -0.300 e. The number of carbonyl (C=O) groups excluding carboxylic acids is 1. The summed E-state index contributed by atoms with van der Waals surface area (Å²) in [6.45, 7) is 0.0784. The van der Waals surface area contributed by atoms with Gasteiger partial charge in [-0.2, -0.15) is 0 Å². The van der Waals surface area contributed by atoms with Crippen LogP contribution < -0.4 is 5.32 Å². The molecule has 2 aromatic heterocycles. The van der Waals surface area contributed by atoms with Gasteiger partial charge in [0.25, 0.3) is 0 Å². The van der Waals surface area contributed by atoms with Gasteiger partial charge in [-0.25, -0.2) is 9.67 Å². The van der Waals surface area contributed by atoms with Crippen molar-refractivity contribution in [2.45, 2.75) is 6.54 Å². The topological polar surface area (TPSA) is 72.7 Å². The lowest BCUT2D eigenvalue weighted by molar-refractivity contribution is -0.116. The molecule has 0 spiro atoms. The van der Waals surface area contributed by atoms with Crippen molar-refractivity contribution in [3.05, 3.63) is 47.6 Å². The molecule has 1 amide bonds. The van der Waals surface area contributed by atoms with Crippen LogP contribution >= 0.6 is 11.3 Å². The van der Waals surface area contributed by atoms with Gasteiger partial charge in [-0.15, -0.1) is 22.9 Å². The van der Waals surface area contributed by atoms with Gasteiger partial charge in [-0.3, -0.25) is 4.79 Å². The Kier molecular flexibility index (Phi) is 3.94. The number of rotatable bonds is 4. The lowest BCUT2D eigenvalue weighted by Gasteiger charge is -2.00. The number of nitrogens with one attached hydrogen (secondary N) is 1. The average molecular weight is 309 g/mol. The second-order valence-corrected chi connectivity index (χ2v) is 5.30. The molecule has 0 unspecified atom stereocenters. The Hall–Kier alpha value is -2.98. The predicted molar refractivity (Wildman–Crippen MR) is 84.1 cm³/mol. The fourth-order valence-electron chi connectivity index (χ4n) is 1.84. The maximum absolute atomic E-state index is 11.9. The van der Waals surface area contributed by atoms with E-state index in [1.807, 2.05) is 24.3 Å². The normalized spacial score (nSPS) is 10.1. The first-order chi connectivity index (χ1) is 10.7. The third-order valence-corrected chi connectivity index (χ3v) is 3.56. The Morgan fingerprint density at radius 3 is 2.86 bits per heavy atom. The lowest BCUT2D eigenvalue weighted by Crippen LogP contribution is -2.18. The summed E-state index contributed by atoms with van der Waals surface area (Å²) in [5.41, 5.74) is 2.38. The molecule has 2 heterocycles. The first kappa shape index (κ1) is 14.0. The van der Waals surface area contributed by atoms with Crippen molar-refractivity contribution in [2.75, 3.05) is 5.32 Å². The van der Waals surface area contributed by atoms with Crippen LogP contribution in [0.15, 0.2) is 42.0 Å². The molecule has 0 fully saturated rings. The maximum Gasteiger partial charge on any atom is 0.247 e. The highest BCUT2D eigenvalue weighted by atomic mass is 32.1. The van der Waals surface area contributed by atoms with Gasteiger partial charge in [-0.1, -0.05) is 23.3 Å². The fourth-order valence-corrected chi connectivity index (χ4v) is 2.38. The molecule has 3 aromatic rings. The first-order valence-electron chi connectivity index (χ1n) is 6.41. The number of terminal acetylenes is 1. The van der Waals surface area contributed by atoms with Gasteiger partial charge < -0.3 is 5.32 Å². The van der Waals surface area contributed by atoms with Crippen LogP contribution in [0.4, 0.5) is 5.13 Å². The number of hydrogen-bond acceptors (Lipinski definition) is 5. The molecular weight excluding hydrogens is 298 g/mol. The van der Waals surface area contributed by atoms with E-state index in [9.17, 15) is 4.79 Å². The third-order valence-electron chi connectivity index (χ3n) is 2.87. The van der Waals surface area contributed by atoms with Crippen molar-refractivity contribution in [3.8, 4) is 23.6 Å². The molecule has 0 aliphatic heterocycles. The summed E-state index contributed by atoms with van der Waals surface area (Å²) in [5.74, 6) is 2.36. The van der Waals surface area contributed by atoms with E-state index in [0.29, 0.717) is 10.8 Å². The smallest absolute Gasteiger partial charge is 0.247 e. The Balaban J connectivity index is 1.68. The average Bonchev–Trinajstić information content (AvgIpc) is 3.19. The number of carbonyl (C=O) groups is 1. The van der Waals surface area contributed by atoms with Crippen molar-refractivity contribution >= 4 is 22.4 Å². The molecule has 1 aromatic carbocycles. The molecule has 6 nitrogen and oxygen atoms in total. The van der Waals surface area contributed by atoms with E-state index in [-0.39, 0.29) is 12.5 Å². The summed E-state index contributed by atoms with van der Waals surface area (Å²) >= 11 is 1.36. The number of aromatic nitrogens is 4. The molecule has 22 heavy (non-hydrogen) atoms. The molecule has 0 aliphatic carbocycles. The van der Waals surface area contributed by atoms with Gasteiger partial charge in [0.15, 0.2) is 5.13 Å². The second-order valence-electron chi connectivity index (χ2n) is 4.41. The van der Waals surface area contributed by atoms with E-state index in [2.05, 4.69) is 26.5 Å². The largest absolute Gasteiger partial charge is 0.300 e. The summed E-state index contributed by atoms with van der Waals surface area (Å²) in [6.07, 6.45) is 8.67. The number of hydrogen-bond donors (Lipinski definition) is 1. The van der Waals surface area contributed by atoms with Crippen LogP contribution in [0, 0.1) is 12.3 Å². The summed E-state index contributed by atoms with van der Waals surface area (Å²) in [7, 11) is 0. The van der Waals surface area contributed by atoms with E-state index in [0.717, 1.165) is 11.1 Å². The summed E-state index contributed by atoms with van der Waals surface area (Å²) in [5, 5.41) is 13.1. The zero-order valence-corrected chi connectivity index (χ0v) is 12.2. The Morgan fingerprint density at radius 1 is 1.36 bits per heavy atom. The molecule has 3 rings (SSSR count). The van der Waals surface area contributed by atoms with Crippen LogP contribution in [0.2, 0.25) is 0 Å². The van der Waals surface area contributed by atoms with Gasteiger partial charge >= 0.3 is 0 Å². The third kappa shape index (κ3) is 3.19. The Labute approximate surface area is 130 Å². The number of thiazole rings is 1. The fraction of sp³-hybridized carbons (Fsp3) is 0.0667. The van der Waals surface area contributed by atoms with Crippen LogP contribution in [0.3, 0.4) is 0 Å². The number of anilines is 1. The van der Waals surface area contributed by atoms with Crippen molar-refractivity contribution in [3.63, 3.8) is 0 Å². The minimum atomic E-state index is -0.200. The molecule has 0 aliphatic rings. The first-order valence-corrected chi connectivity index (χ1v) is 7.29. The van der Waals surface area contributed by atoms with Gasteiger partial charge in [-0.05, 0) is 12.1 Å². The second kappa shape index (κ2) is 6.20. The SMILES string of the molecule is C#Cc1ccc(-c2cn(CC(=O)Nc3nccs3)nn2)cc1. The molecule has 7 heteroatoms. The summed E-state index contributed by atoms with van der Waals surface area (Å²) in [6, 6.07) is 7.42. The molecule has 0 saturated heterocycles. The van der Waals surface area contributed by atoms with Gasteiger partial charge in [0, 0.05) is 22.7 Å². The highest BCUT2D eigenvalue weighted by Crippen LogP contribution is 2.16. The molecule has 0 atom stereocenters. The van der Waals surface area contributed by atoms with Gasteiger partial charge in [0.2, 0.25) is 5.91 Å². The van der Waals surface area contributed by atoms with E-state index >= 15 is 0 Å². The summed E-state index contributed by atoms with van der Waals surface area (Å²) in [4.78, 5) is 15.8. The highest BCUT2D eigenvalue weighted by molar-refractivity contribution is 7.13. The number of nitrogens with zero attached hydrogens (tertiary/aromatic N) is 4. The van der Waals surface area contributed by atoms with Gasteiger partial charge in [0.1, 0.15) is 12.2 Å². The zero-order chi connectivity index (χ0) is 15.4. The minimum absolute atomic E-state index is 0.0784. The van der Waals surface area contributed by atoms with Crippen LogP contribution in [0.25, 0.3) is 11.3 Å². The van der Waals surface area contributed by atoms with E-state index in [1.165, 1.54) is 16.0 Å². The molecule has 0 saturated carbocycles. The predicted octanol–water partition coefficient (Wildman–Crippen LogP) is 2.02. The van der Waals surface area contributed by atoms with Crippen molar-refractivity contribution in [1.82, 2.24) is 20.0 Å². The standard InChI is InChI=1S/C15H11N5OS/c1-2-11-3-5-12(6-4-11)13-9-20(19-18-13)10-14(21)17-15-16-7-8-22-15/h1,3-9H,10H2,(H,16,17,21). The van der Waals surface area contributed by atoms with E-state index in [1.54, 1.807) is 17.8 Å². The lowest BCUT2D eigenvalue weighted by atomic mass is 10.1. The Bertz CT molecular complexity index is 814. The van der Waals surface area contributed by atoms with Crippen molar-refractivity contribution in [2.24, 2.45) is 0 Å². The van der Waals surface area contributed by atoms with E-state index in [4.69, 9.17) is 6.42 Å². The van der Waals surface area contributed by atoms with E-state index < -0.39 is 0 Å². The zero-order valence-electron chi connectivity index (χ0n) is 11.4. The number of amides is 1. The quantitative estimate of drug-likeness (QED) is 0.748. The van der Waals surface area contributed by atoms with Crippen LogP contribution in [-0.2, 0) is 11.3 Å². The van der Waals surface area contributed by atoms with Gasteiger partial charge in [0.05, 0.1) is 6.20 Å². The monoisotopic (exact) mass is 309 g/mol. The Morgan fingerprint density at radius 2 is 2.18 bits per heavy atom. The highest BCUT2D eigenvalue weighted by Gasteiger charge is 2.08. The maximum atomic E-state index is 11.9. The van der Waals surface area contributed by atoms with Crippen molar-refractivity contribution in [1.29, 1.82) is 0 Å². The van der Waals surface area contributed by atoms with Crippen LogP contribution in [-0.4, -0.2) is 25.9 Å². The van der Waals surface area contributed by atoms with Crippen molar-refractivity contribution < 1.29 is 4.79 Å². The molecule has 0 radical (unpaired) electrons. The van der Waals surface area contributed by atoms with Crippen LogP contribution in [0.1, 0.15) is 5.56 Å². The molecular formula is C15H11N5OS. The summed E-state index contributed by atoms with van der Waals surface area (Å²) < 4.78 is 1.48.